The van der Waals surface area contributed by atoms with Gasteiger partial charge in [0.25, 0.3) is 0 Å². The lowest BCUT2D eigenvalue weighted by molar-refractivity contribution is -0.141. The Bertz CT molecular complexity index is 518. The van der Waals surface area contributed by atoms with Gasteiger partial charge in [-0.1, -0.05) is 52.8 Å². The summed E-state index contributed by atoms with van der Waals surface area (Å²) in [4.78, 5) is 23.3. The topological polar surface area (TPSA) is 78.4 Å². The van der Waals surface area contributed by atoms with Gasteiger partial charge < -0.3 is 15.7 Å². The molecular weight excluding hydrogens is 268 g/mol. The molecule has 1 rings (SSSR count). The summed E-state index contributed by atoms with van der Waals surface area (Å²) in [5.74, 6) is -0.783. The normalized spacial score (nSPS) is 12.9. The highest BCUT2D eigenvalue weighted by Crippen LogP contribution is 2.24. The van der Waals surface area contributed by atoms with Crippen LogP contribution in [0.4, 0.5) is 10.5 Å². The zero-order valence-electron chi connectivity index (χ0n) is 13.2. The van der Waals surface area contributed by atoms with E-state index in [0.717, 1.165) is 5.56 Å². The SMILES string of the molecule is CC(C)c1ccccc1NC(=O)N[C@@H](C(=O)O)C(C)(C)C. The smallest absolute Gasteiger partial charge is 0.326 e. The molecule has 5 nitrogen and oxygen atoms in total. The first-order valence-electron chi connectivity index (χ1n) is 7.02. The summed E-state index contributed by atoms with van der Waals surface area (Å²) in [6.45, 7) is 9.39. The number of carbonyl (C=O) groups is 2. The minimum Gasteiger partial charge on any atom is -0.480 e. The van der Waals surface area contributed by atoms with E-state index in [9.17, 15) is 14.7 Å². The number of para-hydroxylation sites is 1. The number of hydrogen-bond donors (Lipinski definition) is 3. The van der Waals surface area contributed by atoms with Crippen molar-refractivity contribution in [1.82, 2.24) is 5.32 Å². The molecule has 0 spiro atoms. The van der Waals surface area contributed by atoms with Crippen molar-refractivity contribution in [2.75, 3.05) is 5.32 Å². The van der Waals surface area contributed by atoms with E-state index in [-0.39, 0.29) is 5.92 Å². The minimum atomic E-state index is -1.05. The van der Waals surface area contributed by atoms with Crippen LogP contribution >= 0.6 is 0 Å². The maximum absolute atomic E-state index is 12.1. The number of carbonyl (C=O) groups excluding carboxylic acids is 1. The lowest BCUT2D eigenvalue weighted by Gasteiger charge is -2.28. The molecule has 0 aliphatic heterocycles. The van der Waals surface area contributed by atoms with Crippen LogP contribution in [-0.2, 0) is 4.79 Å². The molecule has 0 bridgehead atoms. The highest BCUT2D eigenvalue weighted by Gasteiger charge is 2.32. The fourth-order valence-electron chi connectivity index (χ4n) is 2.05. The maximum Gasteiger partial charge on any atom is 0.326 e. The summed E-state index contributed by atoms with van der Waals surface area (Å²) in [5.41, 5.74) is 1.14. The molecule has 116 valence electrons. The predicted molar refractivity (Wildman–Crippen MR) is 83.6 cm³/mol. The van der Waals surface area contributed by atoms with Crippen molar-refractivity contribution >= 4 is 17.7 Å². The molecule has 21 heavy (non-hydrogen) atoms. The van der Waals surface area contributed by atoms with Crippen molar-refractivity contribution in [3.63, 3.8) is 0 Å². The number of rotatable bonds is 4. The van der Waals surface area contributed by atoms with Gasteiger partial charge in [0.15, 0.2) is 0 Å². The summed E-state index contributed by atoms with van der Waals surface area (Å²) < 4.78 is 0. The molecule has 0 radical (unpaired) electrons. The molecule has 0 fully saturated rings. The van der Waals surface area contributed by atoms with Crippen LogP contribution in [0.1, 0.15) is 46.1 Å². The third kappa shape index (κ3) is 4.77. The third-order valence-corrected chi connectivity index (χ3v) is 3.22. The minimum absolute atomic E-state index is 0.263. The van der Waals surface area contributed by atoms with E-state index in [4.69, 9.17) is 0 Å². The Kier molecular flexibility index (Phi) is 5.35. The van der Waals surface area contributed by atoms with Crippen LogP contribution in [0.15, 0.2) is 24.3 Å². The van der Waals surface area contributed by atoms with Crippen LogP contribution in [0.25, 0.3) is 0 Å². The van der Waals surface area contributed by atoms with Crippen molar-refractivity contribution in [3.8, 4) is 0 Å². The quantitative estimate of drug-likeness (QED) is 0.795. The zero-order chi connectivity index (χ0) is 16.2. The first-order chi connectivity index (χ1) is 9.62. The Balaban J connectivity index is 2.85. The maximum atomic E-state index is 12.1. The first kappa shape index (κ1) is 17.0. The molecule has 1 aromatic rings. The number of benzene rings is 1. The largest absolute Gasteiger partial charge is 0.480 e. The number of carboxylic acids is 1. The Labute approximate surface area is 125 Å². The van der Waals surface area contributed by atoms with Gasteiger partial charge in [-0.15, -0.1) is 0 Å². The third-order valence-electron chi connectivity index (χ3n) is 3.22. The van der Waals surface area contributed by atoms with Gasteiger partial charge in [0.2, 0.25) is 0 Å². The van der Waals surface area contributed by atoms with Gasteiger partial charge in [-0.25, -0.2) is 9.59 Å². The van der Waals surface area contributed by atoms with E-state index < -0.39 is 23.5 Å². The number of carboxylic acid groups (broad SMARTS) is 1. The van der Waals surface area contributed by atoms with Gasteiger partial charge >= 0.3 is 12.0 Å². The van der Waals surface area contributed by atoms with Crippen molar-refractivity contribution in [1.29, 1.82) is 0 Å². The number of hydrogen-bond acceptors (Lipinski definition) is 2. The Hall–Kier alpha value is -2.04. The lowest BCUT2D eigenvalue weighted by Crippen LogP contribution is -2.50. The van der Waals surface area contributed by atoms with Crippen LogP contribution in [-0.4, -0.2) is 23.1 Å². The summed E-state index contributed by atoms with van der Waals surface area (Å²) >= 11 is 0. The fraction of sp³-hybridized carbons (Fsp3) is 0.500. The second-order valence-corrected chi connectivity index (χ2v) is 6.48. The summed E-state index contributed by atoms with van der Waals surface area (Å²) in [7, 11) is 0. The summed E-state index contributed by atoms with van der Waals surface area (Å²) in [5, 5.41) is 14.5. The van der Waals surface area contributed by atoms with Gasteiger partial charge in [-0.3, -0.25) is 0 Å². The Morgan fingerprint density at radius 3 is 2.19 bits per heavy atom. The number of aliphatic carboxylic acids is 1. The van der Waals surface area contributed by atoms with Crippen LogP contribution in [0.3, 0.4) is 0 Å². The number of amides is 2. The van der Waals surface area contributed by atoms with E-state index in [1.165, 1.54) is 0 Å². The number of urea groups is 1. The van der Waals surface area contributed by atoms with Crippen molar-refractivity contribution in [2.24, 2.45) is 5.41 Å². The number of nitrogens with one attached hydrogen (secondary N) is 2. The molecule has 0 heterocycles. The lowest BCUT2D eigenvalue weighted by atomic mass is 9.87. The number of anilines is 1. The van der Waals surface area contributed by atoms with E-state index >= 15 is 0 Å². The van der Waals surface area contributed by atoms with Gasteiger partial charge in [0.1, 0.15) is 6.04 Å². The highest BCUT2D eigenvalue weighted by molar-refractivity contribution is 5.93. The van der Waals surface area contributed by atoms with E-state index in [1.807, 2.05) is 38.1 Å². The van der Waals surface area contributed by atoms with Gasteiger partial charge in [-0.05, 0) is 23.0 Å². The van der Waals surface area contributed by atoms with Gasteiger partial charge in [-0.2, -0.15) is 0 Å². The summed E-state index contributed by atoms with van der Waals surface area (Å²) in [6.07, 6.45) is 0. The molecule has 1 atom stereocenters. The molecule has 5 heteroatoms. The van der Waals surface area contributed by atoms with Crippen molar-refractivity contribution in [2.45, 2.75) is 46.6 Å². The standard InChI is InChI=1S/C16H24N2O3/c1-10(2)11-8-6-7-9-12(11)17-15(21)18-13(14(19)20)16(3,4)5/h6-10,13H,1-5H3,(H,19,20)(H2,17,18,21)/t13-/m0/s1. The molecule has 2 amide bonds. The molecule has 0 aliphatic carbocycles. The van der Waals surface area contributed by atoms with E-state index in [0.29, 0.717) is 5.69 Å². The van der Waals surface area contributed by atoms with E-state index in [2.05, 4.69) is 10.6 Å². The van der Waals surface area contributed by atoms with Crippen molar-refractivity contribution < 1.29 is 14.7 Å². The first-order valence-corrected chi connectivity index (χ1v) is 7.02. The predicted octanol–water partition coefficient (Wildman–Crippen LogP) is 3.43. The second kappa shape index (κ2) is 6.61. The molecule has 0 saturated carbocycles. The Morgan fingerprint density at radius 1 is 1.14 bits per heavy atom. The highest BCUT2D eigenvalue weighted by atomic mass is 16.4. The van der Waals surface area contributed by atoms with Gasteiger partial charge in [0.05, 0.1) is 0 Å². The van der Waals surface area contributed by atoms with Crippen molar-refractivity contribution in [3.05, 3.63) is 29.8 Å². The molecule has 3 N–H and O–H groups in total. The summed E-state index contributed by atoms with van der Waals surface area (Å²) in [6, 6.07) is 6.03. The monoisotopic (exact) mass is 292 g/mol. The molecule has 1 aromatic carbocycles. The Morgan fingerprint density at radius 2 is 1.71 bits per heavy atom. The second-order valence-electron chi connectivity index (χ2n) is 6.48. The van der Waals surface area contributed by atoms with Crippen LogP contribution in [0.5, 0.6) is 0 Å². The zero-order valence-corrected chi connectivity index (χ0v) is 13.2. The molecule has 0 unspecified atom stereocenters. The van der Waals surface area contributed by atoms with E-state index in [1.54, 1.807) is 20.8 Å². The molecule has 0 aromatic heterocycles. The average molecular weight is 292 g/mol. The molecule has 0 saturated heterocycles. The fourth-order valence-corrected chi connectivity index (χ4v) is 2.05. The van der Waals surface area contributed by atoms with Crippen LogP contribution < -0.4 is 10.6 Å². The van der Waals surface area contributed by atoms with Crippen LogP contribution in [0, 0.1) is 5.41 Å². The van der Waals surface area contributed by atoms with Gasteiger partial charge in [0, 0.05) is 5.69 Å². The molecule has 0 aliphatic rings. The molecular formula is C16H24N2O3. The average Bonchev–Trinajstić information content (AvgIpc) is 2.34. The van der Waals surface area contributed by atoms with Crippen LogP contribution in [0.2, 0.25) is 0 Å².